The highest BCUT2D eigenvalue weighted by molar-refractivity contribution is 9.10. The molecule has 0 aromatic heterocycles. The van der Waals surface area contributed by atoms with Gasteiger partial charge in [0.25, 0.3) is 11.8 Å². The molecule has 2 unspecified atom stereocenters. The van der Waals surface area contributed by atoms with E-state index >= 15 is 0 Å². The molecule has 404 valence electrons. The molecule has 0 saturated heterocycles. The largest absolute Gasteiger partial charge is 0.378 e. The Hall–Kier alpha value is -3.74. The van der Waals surface area contributed by atoms with Gasteiger partial charge >= 0.3 is 0 Å². The van der Waals surface area contributed by atoms with E-state index in [1.165, 1.54) is 6.07 Å². The van der Waals surface area contributed by atoms with Crippen LogP contribution in [0, 0.1) is 0 Å². The first-order chi connectivity index (χ1) is 35.9. The fraction of sp³-hybridized carbons (Fsp3) is 0.385. The summed E-state index contributed by atoms with van der Waals surface area (Å²) in [5, 5.41) is 7.89. The summed E-state index contributed by atoms with van der Waals surface area (Å²) in [5.74, 6) is -0.816. The number of benzene rings is 5. The van der Waals surface area contributed by atoms with Crippen LogP contribution in [-0.2, 0) is 52.1 Å². The van der Waals surface area contributed by atoms with Crippen LogP contribution in [0.5, 0.6) is 0 Å². The molecule has 5 aromatic rings. The number of hydrogen-bond donors (Lipinski definition) is 4. The van der Waals surface area contributed by atoms with Crippen LogP contribution in [0.2, 0.25) is 20.1 Å². The summed E-state index contributed by atoms with van der Waals surface area (Å²) in [4.78, 5) is 30.4. The van der Waals surface area contributed by atoms with Gasteiger partial charge in [-0.2, -0.15) is 0 Å². The monoisotopic (exact) mass is 1210 g/mol. The number of fused-ring (bicyclic) bond motifs is 2. The maximum absolute atomic E-state index is 13.0. The molecule has 0 spiro atoms. The zero-order chi connectivity index (χ0) is 53.7. The molecule has 0 bridgehead atoms. The number of carbonyl (C=O) groups excluding carboxylic acids is 2. The highest BCUT2D eigenvalue weighted by atomic mass is 79.9. The minimum Gasteiger partial charge on any atom is -0.378 e. The van der Waals surface area contributed by atoms with Gasteiger partial charge in [0.05, 0.1) is 62.6 Å². The highest BCUT2D eigenvalue weighted by Crippen LogP contribution is 2.40. The maximum Gasteiger partial charge on any atom is 0.251 e. The molecule has 75 heavy (non-hydrogen) atoms. The van der Waals surface area contributed by atoms with Crippen molar-refractivity contribution >= 4 is 94.2 Å². The van der Waals surface area contributed by atoms with Gasteiger partial charge in [-0.25, -0.2) is 26.3 Å². The Kier molecular flexibility index (Phi) is 21.8. The van der Waals surface area contributed by atoms with E-state index < -0.39 is 31.9 Å². The minimum atomic E-state index is -3.77. The minimum absolute atomic E-state index is 0.0114. The second-order valence-electron chi connectivity index (χ2n) is 18.0. The third-order valence-corrected chi connectivity index (χ3v) is 17.0. The molecule has 5 aromatic carbocycles. The fourth-order valence-corrected chi connectivity index (χ4v) is 12.5. The van der Waals surface area contributed by atoms with Crippen LogP contribution in [-0.4, -0.2) is 145 Å². The van der Waals surface area contributed by atoms with Gasteiger partial charge in [0.15, 0.2) is 0 Å². The lowest BCUT2D eigenvalue weighted by Crippen LogP contribution is -2.31. The average molecular weight is 1210 g/mol. The number of nitrogens with one attached hydrogen (secondary N) is 4. The van der Waals surface area contributed by atoms with Gasteiger partial charge in [-0.15, -0.1) is 0 Å². The zero-order valence-corrected chi connectivity index (χ0v) is 47.6. The fourth-order valence-electron chi connectivity index (χ4n) is 8.86. The average Bonchev–Trinajstić information content (AvgIpc) is 3.37. The molecular weight excluding hydrogens is 1150 g/mol. The normalized spacial score (nSPS) is 16.1. The van der Waals surface area contributed by atoms with Crippen molar-refractivity contribution in [3.8, 4) is 0 Å². The Morgan fingerprint density at radius 3 is 1.27 bits per heavy atom. The lowest BCUT2D eigenvalue weighted by molar-refractivity contribution is 0.0503. The molecule has 2 aliphatic heterocycles. The van der Waals surface area contributed by atoms with Crippen LogP contribution in [0.25, 0.3) is 0 Å². The third-order valence-electron chi connectivity index (χ3n) is 12.5. The van der Waals surface area contributed by atoms with Crippen LogP contribution < -0.4 is 20.1 Å². The number of halogens is 5. The molecule has 16 nitrogen and oxygen atoms in total. The second kappa shape index (κ2) is 27.7. The summed E-state index contributed by atoms with van der Waals surface area (Å²) in [7, 11) is -3.51. The van der Waals surface area contributed by atoms with Crippen molar-refractivity contribution in [2.45, 2.75) is 34.7 Å². The number of amides is 2. The van der Waals surface area contributed by atoms with Gasteiger partial charge < -0.3 is 39.4 Å². The lowest BCUT2D eigenvalue weighted by atomic mass is 9.85. The van der Waals surface area contributed by atoms with E-state index in [1.807, 2.05) is 50.5 Å². The van der Waals surface area contributed by atoms with E-state index in [9.17, 15) is 26.4 Å². The van der Waals surface area contributed by atoms with E-state index in [4.69, 9.17) is 65.4 Å². The number of likely N-dealkylation sites (N-methyl/N-ethyl adjacent to an activating group) is 2. The molecular formula is C52H59BrCl4N6O10S2. The Bertz CT molecular complexity index is 2820. The van der Waals surface area contributed by atoms with E-state index in [0.717, 1.165) is 46.5 Å². The first-order valence-corrected chi connectivity index (χ1v) is 29.4. The Labute approximate surface area is 467 Å². The predicted molar refractivity (Wildman–Crippen MR) is 295 cm³/mol. The van der Waals surface area contributed by atoms with E-state index in [1.54, 1.807) is 48.5 Å². The summed E-state index contributed by atoms with van der Waals surface area (Å²) in [6, 6.07) is 25.7. The predicted octanol–water partition coefficient (Wildman–Crippen LogP) is 7.70. The molecule has 0 fully saturated rings. The SMILES string of the molecule is CN1Cc2c(Cl)cc(Cl)cc2C(c2ccc(S(=O)(=O)NCCOCCOCCNC(=O)c3cc(Br)cc(C(=O)NCCOCCOCCNS(=O)(=O)c4ccc(C5CN(C)Cc6c(Cl)cc(Cl)cc65)cc4)c3)cc2)C1. The van der Waals surface area contributed by atoms with Crippen LogP contribution in [0.3, 0.4) is 0 Å². The molecule has 0 saturated carbocycles. The topological polar surface area (TPSA) is 194 Å². The van der Waals surface area contributed by atoms with Crippen LogP contribution in [0.4, 0.5) is 0 Å². The maximum atomic E-state index is 13.0. The summed E-state index contributed by atoms with van der Waals surface area (Å²) < 4.78 is 79.8. The lowest BCUT2D eigenvalue weighted by Gasteiger charge is -2.33. The summed E-state index contributed by atoms with van der Waals surface area (Å²) in [6.07, 6.45) is 0. The molecule has 2 amide bonds. The van der Waals surface area contributed by atoms with Gasteiger partial charge in [-0.05, 0) is 114 Å². The summed E-state index contributed by atoms with van der Waals surface area (Å²) >= 11 is 29.0. The molecule has 0 aliphatic carbocycles. The van der Waals surface area contributed by atoms with Crippen LogP contribution >= 0.6 is 62.3 Å². The standard InChI is InChI=1S/C52H59BrCl4N6O10S2/c1-62-30-45(43-26-39(54)28-49(56)47(43)32-62)34-3-7-41(8-4-34)74(66,67)60-13-17-72-21-19-70-15-11-58-51(64)36-23-37(25-38(53)24-36)52(65)59-12-16-71-20-22-73-18-14-61-75(68,69)42-9-5-35(6-10-42)46-31-63(2)33-48-44(46)27-40(55)29-50(48)57/h3-10,23-29,45-46,60-61H,11-22,30-33H2,1-2H3,(H,58,64)(H,59,65). The van der Waals surface area contributed by atoms with Gasteiger partial charge in [0.2, 0.25) is 20.0 Å². The molecule has 2 aliphatic rings. The molecule has 23 heteroatoms. The van der Waals surface area contributed by atoms with Crippen molar-refractivity contribution in [2.75, 3.05) is 106 Å². The van der Waals surface area contributed by atoms with E-state index in [-0.39, 0.29) is 112 Å². The van der Waals surface area contributed by atoms with E-state index in [0.29, 0.717) is 37.7 Å². The van der Waals surface area contributed by atoms with Crippen molar-refractivity contribution in [3.63, 3.8) is 0 Å². The number of sulfonamides is 2. The van der Waals surface area contributed by atoms with Gasteiger partial charge in [-0.1, -0.05) is 86.6 Å². The van der Waals surface area contributed by atoms with Gasteiger partial charge in [0.1, 0.15) is 0 Å². The van der Waals surface area contributed by atoms with Crippen LogP contribution in [0.15, 0.2) is 105 Å². The number of rotatable bonds is 26. The smallest absolute Gasteiger partial charge is 0.251 e. The second-order valence-corrected chi connectivity index (χ2v) is 24.2. The number of nitrogens with zero attached hydrogens (tertiary/aromatic N) is 2. The highest BCUT2D eigenvalue weighted by Gasteiger charge is 2.29. The van der Waals surface area contributed by atoms with Crippen molar-refractivity contribution < 1.29 is 45.4 Å². The third kappa shape index (κ3) is 16.6. The van der Waals surface area contributed by atoms with Crippen molar-refractivity contribution in [2.24, 2.45) is 0 Å². The Balaban J connectivity index is 0.709. The number of ether oxygens (including phenoxy) is 4. The molecule has 2 heterocycles. The van der Waals surface area contributed by atoms with Crippen molar-refractivity contribution in [1.82, 2.24) is 29.9 Å². The van der Waals surface area contributed by atoms with Gasteiger partial charge in [-0.3, -0.25) is 9.59 Å². The first kappa shape index (κ1) is 58.9. The Morgan fingerprint density at radius 2 is 0.893 bits per heavy atom. The quantitative estimate of drug-likeness (QED) is 0.0395. The number of carbonyl (C=O) groups is 2. The molecule has 2 atom stereocenters. The molecule has 0 radical (unpaired) electrons. The number of hydrogen-bond acceptors (Lipinski definition) is 12. The first-order valence-electron chi connectivity index (χ1n) is 24.1. The van der Waals surface area contributed by atoms with Gasteiger partial charge in [0, 0.05) is 99.9 Å². The van der Waals surface area contributed by atoms with Crippen molar-refractivity contribution in [3.05, 3.63) is 160 Å². The molecule has 4 N–H and O–H groups in total. The zero-order valence-electron chi connectivity index (χ0n) is 41.3. The van der Waals surface area contributed by atoms with Crippen LogP contribution in [0.1, 0.15) is 65.9 Å². The Morgan fingerprint density at radius 1 is 0.533 bits per heavy atom. The van der Waals surface area contributed by atoms with E-state index in [2.05, 4.69) is 45.8 Å². The summed E-state index contributed by atoms with van der Waals surface area (Å²) in [6.45, 7) is 4.95. The van der Waals surface area contributed by atoms with Crippen molar-refractivity contribution in [1.29, 1.82) is 0 Å². The molecule has 7 rings (SSSR count). The summed E-state index contributed by atoms with van der Waals surface area (Å²) in [5.41, 5.74) is 6.58.